The number of piperidine rings is 1. The van der Waals surface area contributed by atoms with Crippen LogP contribution in [0.25, 0.3) is 5.70 Å². The van der Waals surface area contributed by atoms with Crippen molar-refractivity contribution in [1.82, 2.24) is 25.4 Å². The lowest BCUT2D eigenvalue weighted by molar-refractivity contribution is -0.0660. The summed E-state index contributed by atoms with van der Waals surface area (Å²) < 4.78 is 26.6. The standard InChI is InChI=1S/C34H37FN10O3/c35-29-20-44(34(46)28-7-10-38-19-30(28)37)12-9-33(29)48-32-6-1-23(17-24(32)18-36)31-8-11-39-45(41-31)40-25-2-4-26(5-3-25)42-13-15-43(16-14-42)27-21-47-22-27/h1-8,10-11,17,19,27,29,33,40-41H,9,12-16,20-22,37H2/t29-,33+/m1/s1. The minimum atomic E-state index is -1.44. The largest absolute Gasteiger partial charge is 0.486 e. The van der Waals surface area contributed by atoms with Crippen LogP contribution in [-0.2, 0) is 4.74 Å². The van der Waals surface area contributed by atoms with Crippen molar-refractivity contribution in [2.24, 2.45) is 5.10 Å². The number of nitrogens with two attached hydrogens (primary N) is 1. The van der Waals surface area contributed by atoms with Gasteiger partial charge in [-0.3, -0.25) is 25.5 Å². The number of piperazine rings is 1. The van der Waals surface area contributed by atoms with E-state index in [0.29, 0.717) is 23.8 Å². The lowest BCUT2D eigenvalue weighted by atomic mass is 10.0. The number of nitrogens with zero attached hydrogens (tertiary/aromatic N) is 7. The Kier molecular flexibility index (Phi) is 8.95. The highest BCUT2D eigenvalue weighted by Gasteiger charge is 2.34. The number of amides is 1. The number of anilines is 3. The number of hydrazone groups is 1. The van der Waals surface area contributed by atoms with Crippen LogP contribution in [0.5, 0.6) is 5.75 Å². The second-order valence-corrected chi connectivity index (χ2v) is 12.1. The highest BCUT2D eigenvalue weighted by molar-refractivity contribution is 5.99. The van der Waals surface area contributed by atoms with Gasteiger partial charge in [-0.05, 0) is 54.6 Å². The first-order chi connectivity index (χ1) is 23.4. The Morgan fingerprint density at radius 2 is 1.92 bits per heavy atom. The highest BCUT2D eigenvalue weighted by atomic mass is 19.1. The molecule has 3 aromatic rings. The molecule has 0 unspecified atom stereocenters. The molecule has 14 heteroatoms. The zero-order valence-corrected chi connectivity index (χ0v) is 26.3. The van der Waals surface area contributed by atoms with Crippen molar-refractivity contribution in [1.29, 1.82) is 5.26 Å². The molecule has 0 saturated carbocycles. The third-order valence-electron chi connectivity index (χ3n) is 9.11. The van der Waals surface area contributed by atoms with Gasteiger partial charge in [-0.1, -0.05) is 0 Å². The quantitative estimate of drug-likeness (QED) is 0.330. The number of likely N-dealkylation sites (tertiary alicyclic amines) is 1. The molecule has 0 aliphatic carbocycles. The van der Waals surface area contributed by atoms with Crippen LogP contribution in [-0.4, -0.2) is 103 Å². The number of nitrogen functional groups attached to an aromatic ring is 1. The van der Waals surface area contributed by atoms with Crippen molar-refractivity contribution in [2.75, 3.05) is 68.5 Å². The average Bonchev–Trinajstić information content (AvgIpc) is 3.09. The number of benzene rings is 2. The molecule has 248 valence electrons. The van der Waals surface area contributed by atoms with E-state index in [0.717, 1.165) is 50.6 Å². The van der Waals surface area contributed by atoms with Crippen LogP contribution in [0.4, 0.5) is 21.5 Å². The first-order valence-corrected chi connectivity index (χ1v) is 16.0. The maximum atomic E-state index is 15.3. The fraction of sp³-hybridized carbons (Fsp3) is 0.353. The van der Waals surface area contributed by atoms with Crippen LogP contribution in [0.1, 0.15) is 27.9 Å². The molecular formula is C34H37FN10O3. The number of nitriles is 1. The number of hydrogen-bond donors (Lipinski definition) is 3. The van der Waals surface area contributed by atoms with E-state index in [-0.39, 0.29) is 35.9 Å². The zero-order valence-electron chi connectivity index (χ0n) is 26.3. The van der Waals surface area contributed by atoms with Crippen LogP contribution in [0, 0.1) is 11.3 Å². The van der Waals surface area contributed by atoms with Crippen molar-refractivity contribution in [3.63, 3.8) is 0 Å². The lowest BCUT2D eigenvalue weighted by Crippen LogP contribution is -2.56. The van der Waals surface area contributed by atoms with E-state index in [1.807, 2.05) is 12.1 Å². The van der Waals surface area contributed by atoms with Crippen molar-refractivity contribution in [3.8, 4) is 11.8 Å². The minimum absolute atomic E-state index is 0.138. The molecule has 4 aliphatic rings. The van der Waals surface area contributed by atoms with Crippen LogP contribution >= 0.6 is 0 Å². The molecule has 0 spiro atoms. The van der Waals surface area contributed by atoms with E-state index < -0.39 is 12.3 Å². The molecule has 1 aromatic heterocycles. The number of pyridine rings is 1. The summed E-state index contributed by atoms with van der Waals surface area (Å²) in [6.07, 6.45) is 4.35. The Bertz CT molecular complexity index is 1730. The Labute approximate surface area is 277 Å². The Hall–Kier alpha value is -5.39. The van der Waals surface area contributed by atoms with Crippen molar-refractivity contribution < 1.29 is 18.7 Å². The van der Waals surface area contributed by atoms with Gasteiger partial charge in [-0.2, -0.15) is 5.26 Å². The molecule has 48 heavy (non-hydrogen) atoms. The summed E-state index contributed by atoms with van der Waals surface area (Å²) in [6.45, 7) is 5.90. The smallest absolute Gasteiger partial charge is 0.256 e. The molecule has 4 aliphatic heterocycles. The summed E-state index contributed by atoms with van der Waals surface area (Å²) in [5.41, 5.74) is 16.6. The fourth-order valence-corrected chi connectivity index (χ4v) is 6.24. The Morgan fingerprint density at radius 1 is 1.10 bits per heavy atom. The summed E-state index contributed by atoms with van der Waals surface area (Å²) in [5.74, 6) is -0.0643. The molecule has 0 radical (unpaired) electrons. The van der Waals surface area contributed by atoms with Crippen molar-refractivity contribution >= 4 is 34.9 Å². The van der Waals surface area contributed by atoms with Gasteiger partial charge in [0.05, 0.1) is 66.4 Å². The van der Waals surface area contributed by atoms with Gasteiger partial charge in [0.25, 0.3) is 5.91 Å². The molecule has 2 atom stereocenters. The van der Waals surface area contributed by atoms with Gasteiger partial charge in [-0.15, -0.1) is 10.3 Å². The molecule has 4 N–H and O–H groups in total. The first kappa shape index (κ1) is 31.2. The Balaban J connectivity index is 0.930. The van der Waals surface area contributed by atoms with E-state index in [1.54, 1.807) is 30.5 Å². The van der Waals surface area contributed by atoms with Crippen molar-refractivity contribution in [3.05, 3.63) is 83.7 Å². The van der Waals surface area contributed by atoms with Gasteiger partial charge in [0.2, 0.25) is 0 Å². The molecule has 3 saturated heterocycles. The first-order valence-electron chi connectivity index (χ1n) is 16.0. The number of aromatic nitrogens is 1. The van der Waals surface area contributed by atoms with Crippen molar-refractivity contribution in [2.45, 2.75) is 24.7 Å². The second kappa shape index (κ2) is 13.8. The molecule has 2 aromatic carbocycles. The number of ether oxygens (including phenoxy) is 2. The van der Waals surface area contributed by atoms with E-state index in [2.05, 4.69) is 48.9 Å². The van der Waals surface area contributed by atoms with Gasteiger partial charge < -0.3 is 25.0 Å². The van der Waals surface area contributed by atoms with E-state index in [9.17, 15) is 10.1 Å². The molecule has 7 rings (SSSR count). The topological polar surface area (TPSA) is 148 Å². The summed E-state index contributed by atoms with van der Waals surface area (Å²) >= 11 is 0. The molecule has 0 bridgehead atoms. The SMILES string of the molecule is N#Cc1cc(C2=CC=NN(Nc3ccc(N4CCN(C5COC5)CC4)cc3)N2)ccc1O[C@H]1CCN(C(=O)c2ccncc2N)C[C@H]1F. The maximum Gasteiger partial charge on any atom is 0.256 e. The number of carbonyl (C=O) groups excluding carboxylic acids is 1. The van der Waals surface area contributed by atoms with E-state index in [4.69, 9.17) is 15.2 Å². The van der Waals surface area contributed by atoms with Gasteiger partial charge in [0.1, 0.15) is 17.9 Å². The number of rotatable bonds is 8. The van der Waals surface area contributed by atoms with Crippen LogP contribution in [0.3, 0.4) is 0 Å². The Morgan fingerprint density at radius 3 is 2.62 bits per heavy atom. The fourth-order valence-electron chi connectivity index (χ4n) is 6.24. The third-order valence-corrected chi connectivity index (χ3v) is 9.11. The number of hydrazine groups is 2. The third kappa shape index (κ3) is 6.69. The van der Waals surface area contributed by atoms with E-state index in [1.165, 1.54) is 34.3 Å². The number of nitrogens with one attached hydrogen (secondary N) is 2. The number of halogens is 1. The average molecular weight is 653 g/mol. The minimum Gasteiger partial charge on any atom is -0.486 e. The van der Waals surface area contributed by atoms with Gasteiger partial charge >= 0.3 is 0 Å². The van der Waals surface area contributed by atoms with Gasteiger partial charge in [-0.25, -0.2) is 4.39 Å². The van der Waals surface area contributed by atoms with Gasteiger partial charge in [0, 0.05) is 56.6 Å². The summed E-state index contributed by atoms with van der Waals surface area (Å²) in [4.78, 5) is 23.1. The molecule has 5 heterocycles. The molecular weight excluding hydrogens is 615 g/mol. The highest BCUT2D eigenvalue weighted by Crippen LogP contribution is 2.29. The lowest BCUT2D eigenvalue weighted by Gasteiger charge is -2.43. The summed E-state index contributed by atoms with van der Waals surface area (Å²) in [6, 6.07) is 17.7. The van der Waals surface area contributed by atoms with Gasteiger partial charge in [0.15, 0.2) is 6.17 Å². The predicted octanol–water partition coefficient (Wildman–Crippen LogP) is 2.86. The second-order valence-electron chi connectivity index (χ2n) is 12.1. The molecule has 3 fully saturated rings. The zero-order chi connectivity index (χ0) is 33.0. The monoisotopic (exact) mass is 652 g/mol. The summed E-state index contributed by atoms with van der Waals surface area (Å²) in [7, 11) is 0. The van der Waals surface area contributed by atoms with E-state index >= 15 is 4.39 Å². The molecule has 13 nitrogen and oxygen atoms in total. The number of allylic oxidation sites excluding steroid dienone is 1. The van der Waals surface area contributed by atoms with Crippen LogP contribution < -0.4 is 26.2 Å². The molecule has 1 amide bonds. The summed E-state index contributed by atoms with van der Waals surface area (Å²) in [5, 5.41) is 15.8. The predicted molar refractivity (Wildman–Crippen MR) is 180 cm³/mol. The van der Waals surface area contributed by atoms with Crippen LogP contribution in [0.15, 0.2) is 72.1 Å². The number of hydrogen-bond acceptors (Lipinski definition) is 12. The van der Waals surface area contributed by atoms with Crippen LogP contribution in [0.2, 0.25) is 0 Å². The number of carbonyl (C=O) groups is 1. The number of alkyl halides is 1. The maximum absolute atomic E-state index is 15.3. The normalized spacial score (nSPS) is 21.5.